The number of ether oxygens (including phenoxy) is 2. The molecule has 0 aliphatic heterocycles. The molecule has 1 aliphatic carbocycles. The maximum Gasteiger partial charge on any atom is 0.341 e. The molecule has 0 fully saturated rings. The summed E-state index contributed by atoms with van der Waals surface area (Å²) in [5.74, 6) is -0.997. The minimum Gasteiger partial charge on any atom is -0.465 e. The minimum absolute atomic E-state index is 0.0106. The number of amides is 2. The second-order valence-electron chi connectivity index (χ2n) is 9.57. The lowest BCUT2D eigenvalue weighted by atomic mass is 9.88. The average Bonchev–Trinajstić information content (AvgIpc) is 3.40. The predicted octanol–water partition coefficient (Wildman–Crippen LogP) is 4.74. The summed E-state index contributed by atoms with van der Waals surface area (Å²) in [5.41, 5.74) is 3.30. The number of carbonyl (C=O) groups is 4. The third-order valence-corrected chi connectivity index (χ3v) is 9.48. The van der Waals surface area contributed by atoms with Gasteiger partial charge in [-0.3, -0.25) is 14.4 Å². The molecule has 214 valence electrons. The van der Waals surface area contributed by atoms with Gasteiger partial charge in [-0.2, -0.15) is 4.99 Å². The second kappa shape index (κ2) is 13.6. The number of nitrogens with zero attached hydrogens (tertiary/aromatic N) is 2. The Morgan fingerprint density at radius 3 is 2.65 bits per heavy atom. The summed E-state index contributed by atoms with van der Waals surface area (Å²) in [6, 6.07) is 5.82. The van der Waals surface area contributed by atoms with E-state index in [2.05, 4.69) is 17.2 Å². The van der Waals surface area contributed by atoms with Crippen molar-refractivity contribution in [3.63, 3.8) is 0 Å². The fraction of sp³-hybridized carbons (Fsp3) is 0.464. The van der Waals surface area contributed by atoms with Crippen LogP contribution in [0.15, 0.2) is 23.2 Å². The van der Waals surface area contributed by atoms with Gasteiger partial charge >= 0.3 is 11.9 Å². The standard InChI is InChI=1S/C28H33N3O6S3/c1-5-36-24(34)13-31-19-10-8-17(4)12-21(19)40-28(31)30-23(33)15-38-14-22(32)29-26-25(27(35)37-6-2)18-9-7-16(3)11-20(18)39-26/h8,10,12,16H,5-7,9,11,13-15H2,1-4H3,(H,29,32). The van der Waals surface area contributed by atoms with Crippen molar-refractivity contribution in [1.29, 1.82) is 0 Å². The van der Waals surface area contributed by atoms with Crippen molar-refractivity contribution in [2.24, 2.45) is 10.9 Å². The number of benzene rings is 1. The third-order valence-electron chi connectivity index (χ3n) is 6.35. The van der Waals surface area contributed by atoms with E-state index in [0.717, 1.165) is 57.2 Å². The molecule has 1 N–H and O–H groups in total. The van der Waals surface area contributed by atoms with Gasteiger partial charge in [0, 0.05) is 4.88 Å². The van der Waals surface area contributed by atoms with Crippen molar-refractivity contribution < 1.29 is 28.7 Å². The van der Waals surface area contributed by atoms with Crippen LogP contribution < -0.4 is 10.1 Å². The first kappa shape index (κ1) is 30.0. The van der Waals surface area contributed by atoms with Crippen LogP contribution in [-0.4, -0.2) is 53.0 Å². The summed E-state index contributed by atoms with van der Waals surface area (Å²) in [5, 5.41) is 3.39. The van der Waals surface area contributed by atoms with Gasteiger partial charge in [0.1, 0.15) is 11.5 Å². The third kappa shape index (κ3) is 7.21. The van der Waals surface area contributed by atoms with Gasteiger partial charge in [-0.25, -0.2) is 4.79 Å². The number of aryl methyl sites for hydroxylation is 1. The normalized spacial score (nSPS) is 15.1. The van der Waals surface area contributed by atoms with Gasteiger partial charge < -0.3 is 19.4 Å². The lowest BCUT2D eigenvalue weighted by molar-refractivity contribution is -0.143. The van der Waals surface area contributed by atoms with E-state index >= 15 is 0 Å². The number of aromatic nitrogens is 1. The first-order valence-electron chi connectivity index (χ1n) is 13.2. The predicted molar refractivity (Wildman–Crippen MR) is 159 cm³/mol. The van der Waals surface area contributed by atoms with Crippen LogP contribution in [0.2, 0.25) is 0 Å². The molecule has 0 saturated carbocycles. The molecule has 12 heteroatoms. The van der Waals surface area contributed by atoms with Crippen LogP contribution in [0.25, 0.3) is 10.2 Å². The lowest BCUT2D eigenvalue weighted by Gasteiger charge is -2.18. The Morgan fingerprint density at radius 1 is 1.12 bits per heavy atom. The first-order valence-corrected chi connectivity index (χ1v) is 16.0. The summed E-state index contributed by atoms with van der Waals surface area (Å²) in [7, 11) is 0. The largest absolute Gasteiger partial charge is 0.465 e. The van der Waals surface area contributed by atoms with Crippen molar-refractivity contribution in [3.05, 3.63) is 44.6 Å². The number of carbonyl (C=O) groups excluding carboxylic acids is 4. The number of nitrogens with one attached hydrogen (secondary N) is 1. The lowest BCUT2D eigenvalue weighted by Crippen LogP contribution is -2.23. The molecule has 2 amide bonds. The number of hydrogen-bond acceptors (Lipinski definition) is 9. The van der Waals surface area contributed by atoms with E-state index in [9.17, 15) is 19.2 Å². The highest BCUT2D eigenvalue weighted by molar-refractivity contribution is 8.00. The molecule has 1 atom stereocenters. The highest BCUT2D eigenvalue weighted by Crippen LogP contribution is 2.40. The topological polar surface area (TPSA) is 116 Å². The molecule has 1 aromatic carbocycles. The van der Waals surface area contributed by atoms with Crippen molar-refractivity contribution in [2.75, 3.05) is 30.0 Å². The van der Waals surface area contributed by atoms with Crippen LogP contribution in [-0.2, 0) is 43.2 Å². The molecule has 0 spiro atoms. The molecule has 9 nitrogen and oxygen atoms in total. The van der Waals surface area contributed by atoms with Crippen LogP contribution >= 0.6 is 34.4 Å². The quantitative estimate of drug-likeness (QED) is 0.333. The Labute approximate surface area is 245 Å². The minimum atomic E-state index is -0.416. The summed E-state index contributed by atoms with van der Waals surface area (Å²) >= 11 is 3.90. The molecule has 1 unspecified atom stereocenters. The number of anilines is 1. The maximum absolute atomic E-state index is 12.8. The van der Waals surface area contributed by atoms with E-state index in [1.807, 2.05) is 25.1 Å². The summed E-state index contributed by atoms with van der Waals surface area (Å²) in [6.07, 6.45) is 2.65. The Kier molecular flexibility index (Phi) is 10.2. The number of thioether (sulfide) groups is 1. The Morgan fingerprint density at radius 2 is 1.90 bits per heavy atom. The molecule has 2 heterocycles. The number of thiazole rings is 1. The molecular weight excluding hydrogens is 571 g/mol. The second-order valence-corrected chi connectivity index (χ2v) is 12.7. The van der Waals surface area contributed by atoms with E-state index < -0.39 is 17.8 Å². The maximum atomic E-state index is 12.8. The first-order chi connectivity index (χ1) is 19.2. The van der Waals surface area contributed by atoms with E-state index in [4.69, 9.17) is 9.47 Å². The molecule has 1 aliphatic rings. The van der Waals surface area contributed by atoms with Gasteiger partial charge in [-0.1, -0.05) is 24.3 Å². The van der Waals surface area contributed by atoms with Gasteiger partial charge in [0.15, 0.2) is 4.80 Å². The average molecular weight is 604 g/mol. The van der Waals surface area contributed by atoms with E-state index in [-0.39, 0.29) is 37.2 Å². The van der Waals surface area contributed by atoms with Crippen molar-refractivity contribution in [2.45, 2.75) is 53.5 Å². The van der Waals surface area contributed by atoms with Crippen LogP contribution in [0.4, 0.5) is 5.00 Å². The SMILES string of the molecule is CCOC(=O)Cn1c(=NC(=O)CSCC(=O)Nc2sc3c(c2C(=O)OCC)CCC(C)C3)sc2cc(C)ccc21. The number of fused-ring (bicyclic) bond motifs is 2. The Bertz CT molecular complexity index is 1500. The Balaban J connectivity index is 1.43. The van der Waals surface area contributed by atoms with Gasteiger partial charge in [0.25, 0.3) is 5.91 Å². The summed E-state index contributed by atoms with van der Waals surface area (Å²) in [4.78, 5) is 56.2. The van der Waals surface area contributed by atoms with Gasteiger partial charge in [-0.15, -0.1) is 23.1 Å². The van der Waals surface area contributed by atoms with E-state index in [1.54, 1.807) is 18.4 Å². The zero-order valence-electron chi connectivity index (χ0n) is 23.0. The molecule has 40 heavy (non-hydrogen) atoms. The molecule has 0 bridgehead atoms. The number of esters is 2. The van der Waals surface area contributed by atoms with E-state index in [0.29, 0.717) is 21.3 Å². The number of rotatable bonds is 10. The highest BCUT2D eigenvalue weighted by Gasteiger charge is 2.29. The highest BCUT2D eigenvalue weighted by atomic mass is 32.2. The van der Waals surface area contributed by atoms with Crippen molar-refractivity contribution in [3.8, 4) is 0 Å². The Hall–Kier alpha value is -2.96. The van der Waals surface area contributed by atoms with Crippen LogP contribution in [0.1, 0.15) is 53.6 Å². The molecule has 2 aromatic heterocycles. The van der Waals surface area contributed by atoms with Crippen LogP contribution in [0.3, 0.4) is 0 Å². The fourth-order valence-corrected chi connectivity index (χ4v) is 7.70. The van der Waals surface area contributed by atoms with Crippen molar-refractivity contribution in [1.82, 2.24) is 4.57 Å². The number of hydrogen-bond donors (Lipinski definition) is 1. The smallest absolute Gasteiger partial charge is 0.341 e. The molecule has 4 rings (SSSR count). The van der Waals surface area contributed by atoms with E-state index in [1.165, 1.54) is 22.7 Å². The molecule has 3 aromatic rings. The molecular formula is C28H33N3O6S3. The van der Waals surface area contributed by atoms with Crippen LogP contribution in [0.5, 0.6) is 0 Å². The number of thiophene rings is 1. The summed E-state index contributed by atoms with van der Waals surface area (Å²) in [6.45, 7) is 8.12. The summed E-state index contributed by atoms with van der Waals surface area (Å²) < 4.78 is 13.0. The zero-order chi connectivity index (χ0) is 28.8. The van der Waals surface area contributed by atoms with Gasteiger partial charge in [-0.05, 0) is 69.2 Å². The fourth-order valence-electron chi connectivity index (χ4n) is 4.55. The molecule has 0 radical (unpaired) electrons. The zero-order valence-corrected chi connectivity index (χ0v) is 25.5. The van der Waals surface area contributed by atoms with Crippen LogP contribution in [0, 0.1) is 12.8 Å². The molecule has 0 saturated heterocycles. The van der Waals surface area contributed by atoms with Crippen molar-refractivity contribution >= 4 is 73.4 Å². The monoisotopic (exact) mass is 603 g/mol. The van der Waals surface area contributed by atoms with Gasteiger partial charge in [0.05, 0.1) is 40.5 Å². The van der Waals surface area contributed by atoms with Gasteiger partial charge in [0.2, 0.25) is 5.91 Å².